The van der Waals surface area contributed by atoms with E-state index < -0.39 is 5.92 Å². The topological polar surface area (TPSA) is 84.1 Å². The minimum Gasteiger partial charge on any atom is -0.461 e. The fraction of sp³-hybridized carbons (Fsp3) is 0.344. The molecule has 1 aromatic heterocycles. The van der Waals surface area contributed by atoms with Gasteiger partial charge >= 0.3 is 5.97 Å². The summed E-state index contributed by atoms with van der Waals surface area (Å²) in [7, 11) is 0. The van der Waals surface area contributed by atoms with Crippen LogP contribution in [0, 0.1) is 11.8 Å². The van der Waals surface area contributed by atoms with Crippen molar-refractivity contribution in [1.29, 1.82) is 0 Å². The predicted octanol–water partition coefficient (Wildman–Crippen LogP) is 6.23. The molecular weight excluding hydrogens is 506 g/mol. The Balaban J connectivity index is 1.50. The number of carbonyl (C=O) groups is 2. The van der Waals surface area contributed by atoms with Crippen LogP contribution in [0.2, 0.25) is 0 Å². The highest BCUT2D eigenvalue weighted by atomic mass is 32.2. The number of ether oxygens (including phenoxy) is 1. The summed E-state index contributed by atoms with van der Waals surface area (Å²) in [4.78, 5) is 34.0. The smallest absolute Gasteiger partial charge is 0.309 e. The lowest BCUT2D eigenvalue weighted by Gasteiger charge is -2.25. The van der Waals surface area contributed by atoms with E-state index in [1.807, 2.05) is 54.8 Å². The highest BCUT2D eigenvalue weighted by Gasteiger charge is 2.28. The number of Topliss-reactive ketones (excluding diaryl/α,β-unsaturated/α-hetero) is 1. The van der Waals surface area contributed by atoms with Crippen molar-refractivity contribution >= 4 is 23.5 Å². The molecule has 204 valence electrons. The number of aromatic amines is 1. The molecule has 2 N–H and O–H groups in total. The van der Waals surface area contributed by atoms with Crippen molar-refractivity contribution in [2.75, 3.05) is 12.0 Å². The van der Waals surface area contributed by atoms with Crippen LogP contribution >= 0.6 is 11.8 Å². The minimum atomic E-state index is -0.475. The van der Waals surface area contributed by atoms with Crippen LogP contribution in [-0.4, -0.2) is 33.7 Å². The summed E-state index contributed by atoms with van der Waals surface area (Å²) in [5.41, 5.74) is 4.76. The van der Waals surface area contributed by atoms with Gasteiger partial charge in [-0.25, -0.2) is 4.98 Å². The first-order valence-electron chi connectivity index (χ1n) is 13.4. The van der Waals surface area contributed by atoms with Crippen LogP contribution in [0.15, 0.2) is 85.4 Å². The van der Waals surface area contributed by atoms with Gasteiger partial charge in [-0.15, -0.1) is 0 Å². The molecule has 0 saturated carbocycles. The Bertz CT molecular complexity index is 1270. The molecule has 0 spiro atoms. The molecule has 39 heavy (non-hydrogen) atoms. The van der Waals surface area contributed by atoms with Crippen molar-refractivity contribution < 1.29 is 14.3 Å². The molecule has 3 atom stereocenters. The Morgan fingerprint density at radius 1 is 1.08 bits per heavy atom. The number of aromatic nitrogens is 2. The van der Waals surface area contributed by atoms with Crippen molar-refractivity contribution in [3.63, 3.8) is 0 Å². The Labute approximate surface area is 235 Å². The quantitative estimate of drug-likeness (QED) is 0.185. The lowest BCUT2D eigenvalue weighted by atomic mass is 9.79. The molecule has 0 saturated heterocycles. The van der Waals surface area contributed by atoms with Crippen LogP contribution in [0.4, 0.5) is 0 Å². The van der Waals surface area contributed by atoms with Gasteiger partial charge in [0.1, 0.15) is 6.61 Å². The van der Waals surface area contributed by atoms with Crippen molar-refractivity contribution in [3.8, 4) is 0 Å². The Morgan fingerprint density at radius 2 is 1.90 bits per heavy atom. The number of nitrogens with one attached hydrogen (secondary N) is 2. The predicted molar refractivity (Wildman–Crippen MR) is 157 cm³/mol. The fourth-order valence-electron chi connectivity index (χ4n) is 4.82. The number of rotatable bonds is 14. The summed E-state index contributed by atoms with van der Waals surface area (Å²) in [5.74, 6) is 0.348. The number of imidazole rings is 1. The maximum atomic E-state index is 13.8. The maximum Gasteiger partial charge on any atom is 0.309 e. The van der Waals surface area contributed by atoms with Crippen molar-refractivity contribution in [2.24, 2.45) is 11.8 Å². The number of ketones is 1. The standard InChI is InChI=1S/C32H37N3O3S/c1-23-8-6-7-11-28(23)30-16-25(18-33-19-27-20-34-22-35-27)12-13-29(30)31(36)17-26(14-15-39-2)32(37)38-21-24-9-4-3-5-10-24/h3-13,16,20,22-23,26,28,33H,14-15,17-19,21H2,1-2H3,(H,34,35)/t23?,26-,28?/m0/s1. The van der Waals surface area contributed by atoms with Gasteiger partial charge in [-0.05, 0) is 41.0 Å². The lowest BCUT2D eigenvalue weighted by molar-refractivity contribution is -0.149. The van der Waals surface area contributed by atoms with E-state index in [0.717, 1.165) is 28.1 Å². The molecule has 2 aromatic carbocycles. The van der Waals surface area contributed by atoms with Crippen LogP contribution in [0.5, 0.6) is 0 Å². The molecular formula is C32H37N3O3S. The lowest BCUT2D eigenvalue weighted by Crippen LogP contribution is -2.23. The van der Waals surface area contributed by atoms with Crippen LogP contribution in [0.1, 0.15) is 58.4 Å². The van der Waals surface area contributed by atoms with Crippen molar-refractivity contribution in [3.05, 3.63) is 113 Å². The van der Waals surface area contributed by atoms with Gasteiger partial charge in [-0.1, -0.05) is 79.8 Å². The zero-order valence-electron chi connectivity index (χ0n) is 22.6. The van der Waals surface area contributed by atoms with Gasteiger partial charge in [0.15, 0.2) is 5.78 Å². The number of thioether (sulfide) groups is 1. The van der Waals surface area contributed by atoms with Gasteiger partial charge in [-0.2, -0.15) is 11.8 Å². The van der Waals surface area contributed by atoms with Gasteiger partial charge in [0.2, 0.25) is 0 Å². The largest absolute Gasteiger partial charge is 0.461 e. The Kier molecular flexibility index (Phi) is 10.7. The molecule has 0 bridgehead atoms. The molecule has 1 heterocycles. The van der Waals surface area contributed by atoms with Crippen LogP contribution in [0.3, 0.4) is 0 Å². The van der Waals surface area contributed by atoms with E-state index in [0.29, 0.717) is 25.1 Å². The molecule has 4 rings (SSSR count). The fourth-order valence-corrected chi connectivity index (χ4v) is 5.34. The molecule has 0 fully saturated rings. The van der Waals surface area contributed by atoms with Crippen LogP contribution in [0.25, 0.3) is 0 Å². The summed E-state index contributed by atoms with van der Waals surface area (Å²) in [5, 5.41) is 3.44. The number of esters is 1. The average molecular weight is 544 g/mol. The van der Waals surface area contributed by atoms with E-state index in [-0.39, 0.29) is 36.6 Å². The summed E-state index contributed by atoms with van der Waals surface area (Å²) in [6.07, 6.45) is 14.7. The van der Waals surface area contributed by atoms with Gasteiger partial charge in [0, 0.05) is 42.9 Å². The number of carbonyl (C=O) groups excluding carboxylic acids is 2. The van der Waals surface area contributed by atoms with Crippen molar-refractivity contribution in [1.82, 2.24) is 15.3 Å². The average Bonchev–Trinajstić information content (AvgIpc) is 3.48. The molecule has 1 aliphatic rings. The Hall–Kier alpha value is -3.42. The second-order valence-electron chi connectivity index (χ2n) is 9.96. The van der Waals surface area contributed by atoms with Crippen LogP contribution < -0.4 is 5.32 Å². The van der Waals surface area contributed by atoms with Gasteiger partial charge < -0.3 is 15.0 Å². The number of hydrogen-bond donors (Lipinski definition) is 2. The van der Waals surface area contributed by atoms with E-state index in [9.17, 15) is 9.59 Å². The normalized spacial score (nSPS) is 17.2. The first-order chi connectivity index (χ1) is 19.0. The van der Waals surface area contributed by atoms with Gasteiger partial charge in [0.05, 0.1) is 12.2 Å². The van der Waals surface area contributed by atoms with Gasteiger partial charge in [0.25, 0.3) is 0 Å². The number of H-pyrrole nitrogens is 1. The molecule has 0 aliphatic heterocycles. The molecule has 3 aromatic rings. The van der Waals surface area contributed by atoms with E-state index >= 15 is 0 Å². The number of hydrogen-bond acceptors (Lipinski definition) is 6. The second-order valence-corrected chi connectivity index (χ2v) is 10.9. The van der Waals surface area contributed by atoms with E-state index in [4.69, 9.17) is 4.74 Å². The second kappa shape index (κ2) is 14.7. The molecule has 0 radical (unpaired) electrons. The summed E-state index contributed by atoms with van der Waals surface area (Å²) < 4.78 is 5.65. The summed E-state index contributed by atoms with van der Waals surface area (Å²) in [6.45, 7) is 3.74. The third kappa shape index (κ3) is 8.28. The molecule has 1 aliphatic carbocycles. The molecule has 0 amide bonds. The first-order valence-corrected chi connectivity index (χ1v) is 14.8. The monoisotopic (exact) mass is 543 g/mol. The number of benzene rings is 2. The van der Waals surface area contributed by atoms with Crippen LogP contribution in [-0.2, 0) is 29.2 Å². The van der Waals surface area contributed by atoms with E-state index in [1.165, 1.54) is 0 Å². The first kappa shape index (κ1) is 28.6. The third-order valence-electron chi connectivity index (χ3n) is 7.05. The number of nitrogens with zero attached hydrogens (tertiary/aromatic N) is 1. The zero-order chi connectivity index (χ0) is 27.5. The van der Waals surface area contributed by atoms with Gasteiger partial charge in [-0.3, -0.25) is 9.59 Å². The summed E-state index contributed by atoms with van der Waals surface area (Å²) in [6, 6.07) is 15.7. The SMILES string of the molecule is CSCC[C@@H](CC(=O)c1ccc(CNCc2cnc[nH]2)cc1C1C=CC=CC1C)C(=O)OCc1ccccc1. The molecule has 2 unspecified atom stereocenters. The Morgan fingerprint density at radius 3 is 2.64 bits per heavy atom. The van der Waals surface area contributed by atoms with Crippen molar-refractivity contribution in [2.45, 2.75) is 45.4 Å². The van der Waals surface area contributed by atoms with E-state index in [2.05, 4.69) is 46.5 Å². The molecule has 6 nitrogen and oxygen atoms in total. The number of allylic oxidation sites excluding steroid dienone is 4. The summed E-state index contributed by atoms with van der Waals surface area (Å²) >= 11 is 1.67. The van der Waals surface area contributed by atoms with E-state index in [1.54, 1.807) is 24.3 Å². The highest BCUT2D eigenvalue weighted by Crippen LogP contribution is 2.34. The highest BCUT2D eigenvalue weighted by molar-refractivity contribution is 7.98. The maximum absolute atomic E-state index is 13.8. The third-order valence-corrected chi connectivity index (χ3v) is 7.69. The molecule has 7 heteroatoms. The zero-order valence-corrected chi connectivity index (χ0v) is 23.5. The minimum absolute atomic E-state index is 0.0140.